The fourth-order valence-corrected chi connectivity index (χ4v) is 4.59. The number of nitrogens with zero attached hydrogens (tertiary/aromatic N) is 2. The summed E-state index contributed by atoms with van der Waals surface area (Å²) < 4.78 is 58.8. The van der Waals surface area contributed by atoms with E-state index in [-0.39, 0.29) is 34.6 Å². The summed E-state index contributed by atoms with van der Waals surface area (Å²) in [5.74, 6) is -2.14. The molecular weight excluding hydrogens is 554 g/mol. The Kier molecular flexibility index (Phi) is 6.90. The van der Waals surface area contributed by atoms with Crippen LogP contribution in [0.5, 0.6) is 17.2 Å². The summed E-state index contributed by atoms with van der Waals surface area (Å²) >= 11 is 1.07. The van der Waals surface area contributed by atoms with Gasteiger partial charge in [0.2, 0.25) is 5.91 Å². The van der Waals surface area contributed by atoms with Crippen molar-refractivity contribution in [3.05, 3.63) is 65.5 Å². The minimum absolute atomic E-state index is 0.000725. The SMILES string of the molecule is N#Cc1c(Oc2cc(NC(=O)Nc3ccc(C(F)(F)F)cc3)c(F)cc2O)ccc2nc(NC(=O)C3CC3)sc12. The average Bonchev–Trinajstić information content (AvgIpc) is 3.67. The van der Waals surface area contributed by atoms with Crippen LogP contribution < -0.4 is 20.7 Å². The van der Waals surface area contributed by atoms with Gasteiger partial charge in [0.25, 0.3) is 0 Å². The molecule has 0 radical (unpaired) electrons. The molecule has 0 saturated heterocycles. The Morgan fingerprint density at radius 2 is 1.77 bits per heavy atom. The van der Waals surface area contributed by atoms with Gasteiger partial charge in [-0.25, -0.2) is 14.2 Å². The monoisotopic (exact) mass is 571 g/mol. The summed E-state index contributed by atoms with van der Waals surface area (Å²) in [5, 5.41) is 27.6. The van der Waals surface area contributed by atoms with Crippen molar-refractivity contribution in [2.24, 2.45) is 5.92 Å². The number of phenolic OH excluding ortho intramolecular Hbond substituents is 1. The number of amides is 3. The molecule has 0 bridgehead atoms. The Balaban J connectivity index is 1.34. The van der Waals surface area contributed by atoms with Gasteiger partial charge in [0.05, 0.1) is 21.5 Å². The molecule has 9 nitrogen and oxygen atoms in total. The minimum Gasteiger partial charge on any atom is -0.504 e. The van der Waals surface area contributed by atoms with Crippen molar-refractivity contribution in [2.75, 3.05) is 16.0 Å². The fourth-order valence-electron chi connectivity index (χ4n) is 3.64. The maximum Gasteiger partial charge on any atom is 0.416 e. The number of phenols is 1. The zero-order chi connectivity index (χ0) is 28.6. The smallest absolute Gasteiger partial charge is 0.416 e. The van der Waals surface area contributed by atoms with E-state index in [1.807, 2.05) is 6.07 Å². The molecule has 40 heavy (non-hydrogen) atoms. The molecule has 4 N–H and O–H groups in total. The molecule has 1 fully saturated rings. The van der Waals surface area contributed by atoms with Crippen LogP contribution in [0.15, 0.2) is 48.5 Å². The van der Waals surface area contributed by atoms with Gasteiger partial charge in [-0.3, -0.25) is 4.79 Å². The van der Waals surface area contributed by atoms with Crippen molar-refractivity contribution in [3.63, 3.8) is 0 Å². The lowest BCUT2D eigenvalue weighted by atomic mass is 10.2. The number of thiazole rings is 1. The largest absolute Gasteiger partial charge is 0.504 e. The average molecular weight is 572 g/mol. The maximum absolute atomic E-state index is 14.5. The van der Waals surface area contributed by atoms with Gasteiger partial charge < -0.3 is 25.8 Å². The molecule has 3 aromatic carbocycles. The lowest BCUT2D eigenvalue weighted by Gasteiger charge is -2.13. The Labute approximate surface area is 227 Å². The molecule has 14 heteroatoms. The van der Waals surface area contributed by atoms with Crippen molar-refractivity contribution in [1.82, 2.24) is 4.98 Å². The quantitative estimate of drug-likeness (QED) is 0.148. The number of hydrogen-bond acceptors (Lipinski definition) is 7. The van der Waals surface area contributed by atoms with Crippen molar-refractivity contribution in [1.29, 1.82) is 5.26 Å². The van der Waals surface area contributed by atoms with E-state index in [0.717, 1.165) is 54.5 Å². The molecule has 0 atom stereocenters. The summed E-state index contributed by atoms with van der Waals surface area (Å²) in [6, 6.07) is 9.29. The summed E-state index contributed by atoms with van der Waals surface area (Å²) in [6.07, 6.45) is -2.92. The number of alkyl halides is 3. The Morgan fingerprint density at radius 3 is 2.42 bits per heavy atom. The second-order valence-corrected chi connectivity index (χ2v) is 9.74. The number of halogens is 4. The number of carbonyl (C=O) groups excluding carboxylic acids is 2. The number of rotatable bonds is 6. The summed E-state index contributed by atoms with van der Waals surface area (Å²) in [4.78, 5) is 28.7. The molecule has 1 heterocycles. The number of urea groups is 1. The molecule has 3 amide bonds. The van der Waals surface area contributed by atoms with Crippen LogP contribution in [0.1, 0.15) is 24.0 Å². The Morgan fingerprint density at radius 1 is 1.05 bits per heavy atom. The maximum atomic E-state index is 14.5. The van der Waals surface area contributed by atoms with E-state index in [4.69, 9.17) is 4.74 Å². The van der Waals surface area contributed by atoms with Gasteiger partial charge in [-0.15, -0.1) is 0 Å². The molecule has 0 unspecified atom stereocenters. The first-order chi connectivity index (χ1) is 19.0. The summed E-state index contributed by atoms with van der Waals surface area (Å²) in [5.41, 5.74) is -0.812. The third-order valence-electron chi connectivity index (χ3n) is 5.80. The van der Waals surface area contributed by atoms with Crippen molar-refractivity contribution in [2.45, 2.75) is 19.0 Å². The Hall–Kier alpha value is -4.90. The highest BCUT2D eigenvalue weighted by Gasteiger charge is 2.31. The van der Waals surface area contributed by atoms with Gasteiger partial charge in [0.1, 0.15) is 17.4 Å². The minimum atomic E-state index is -4.55. The van der Waals surface area contributed by atoms with Crippen LogP contribution in [-0.2, 0) is 11.0 Å². The van der Waals surface area contributed by atoms with E-state index in [2.05, 4.69) is 20.9 Å². The van der Waals surface area contributed by atoms with Gasteiger partial charge >= 0.3 is 12.2 Å². The van der Waals surface area contributed by atoms with E-state index in [1.165, 1.54) is 6.07 Å². The van der Waals surface area contributed by atoms with Crippen molar-refractivity contribution >= 4 is 50.0 Å². The predicted octanol–water partition coefficient (Wildman–Crippen LogP) is 6.82. The molecule has 1 aliphatic rings. The van der Waals surface area contributed by atoms with Gasteiger partial charge in [-0.2, -0.15) is 18.4 Å². The van der Waals surface area contributed by atoms with Crippen LogP contribution in [0.3, 0.4) is 0 Å². The number of ether oxygens (including phenoxy) is 1. The lowest BCUT2D eigenvalue weighted by Crippen LogP contribution is -2.20. The van der Waals surface area contributed by atoms with E-state index < -0.39 is 35.0 Å². The standard InChI is InChI=1S/C26H17F4N5O4S/c27-16-9-19(36)21(10-18(16)33-24(38)32-14-5-3-13(4-6-14)26(28,29)30)39-20-8-7-17-22(15(20)11-31)40-25(34-17)35-23(37)12-1-2-12/h3-10,12,36H,1-2H2,(H2,32,33,38)(H,34,35,37). The first kappa shape index (κ1) is 26.7. The lowest BCUT2D eigenvalue weighted by molar-refractivity contribution is -0.137. The van der Waals surface area contributed by atoms with Gasteiger partial charge in [0.15, 0.2) is 22.4 Å². The highest BCUT2D eigenvalue weighted by atomic mass is 32.1. The van der Waals surface area contributed by atoms with E-state index in [9.17, 15) is 37.5 Å². The summed E-state index contributed by atoms with van der Waals surface area (Å²) in [7, 11) is 0. The van der Waals surface area contributed by atoms with Crippen LogP contribution in [0.2, 0.25) is 0 Å². The molecular formula is C26H17F4N5O4S. The zero-order valence-corrected chi connectivity index (χ0v) is 20.9. The first-order valence-corrected chi connectivity index (χ1v) is 12.4. The van der Waals surface area contributed by atoms with E-state index in [0.29, 0.717) is 21.4 Å². The van der Waals surface area contributed by atoms with Crippen molar-refractivity contribution in [3.8, 4) is 23.3 Å². The number of fused-ring (bicyclic) bond motifs is 1. The summed E-state index contributed by atoms with van der Waals surface area (Å²) in [6.45, 7) is 0. The highest BCUT2D eigenvalue weighted by Crippen LogP contribution is 2.40. The third kappa shape index (κ3) is 5.74. The normalized spacial score (nSPS) is 13.0. The number of aromatic hydroxyl groups is 1. The molecule has 4 aromatic rings. The topological polar surface area (TPSA) is 136 Å². The van der Waals surface area contributed by atoms with Crippen LogP contribution in [0, 0.1) is 23.1 Å². The van der Waals surface area contributed by atoms with Crippen LogP contribution >= 0.6 is 11.3 Å². The van der Waals surface area contributed by atoms with Crippen molar-refractivity contribution < 1.29 is 37.0 Å². The number of anilines is 3. The highest BCUT2D eigenvalue weighted by molar-refractivity contribution is 7.22. The van der Waals surface area contributed by atoms with Crippen LogP contribution in [0.4, 0.5) is 38.9 Å². The van der Waals surface area contributed by atoms with E-state index in [1.54, 1.807) is 6.07 Å². The number of carbonyl (C=O) groups is 2. The number of hydrogen-bond donors (Lipinski definition) is 4. The molecule has 204 valence electrons. The molecule has 1 saturated carbocycles. The van der Waals surface area contributed by atoms with Gasteiger partial charge in [-0.05, 0) is 49.2 Å². The molecule has 0 spiro atoms. The fraction of sp³-hybridized carbons (Fsp3) is 0.154. The molecule has 5 rings (SSSR count). The van der Waals surface area contributed by atoms with Gasteiger partial charge in [-0.1, -0.05) is 11.3 Å². The van der Waals surface area contributed by atoms with Gasteiger partial charge in [0, 0.05) is 23.7 Å². The second kappa shape index (κ2) is 10.3. The number of nitrogens with one attached hydrogen (secondary N) is 3. The molecule has 1 aromatic heterocycles. The number of benzene rings is 3. The van der Waals surface area contributed by atoms with Crippen LogP contribution in [-0.4, -0.2) is 22.0 Å². The first-order valence-electron chi connectivity index (χ1n) is 11.6. The zero-order valence-electron chi connectivity index (χ0n) is 20.1. The Bertz CT molecular complexity index is 1680. The van der Waals surface area contributed by atoms with E-state index >= 15 is 0 Å². The molecule has 0 aliphatic heterocycles. The van der Waals surface area contributed by atoms with Crippen LogP contribution in [0.25, 0.3) is 10.2 Å². The third-order valence-corrected chi connectivity index (χ3v) is 6.80. The number of nitriles is 1. The number of aromatic nitrogens is 1. The molecule has 1 aliphatic carbocycles. The predicted molar refractivity (Wildman–Crippen MR) is 138 cm³/mol. The second-order valence-electron chi connectivity index (χ2n) is 8.74.